The summed E-state index contributed by atoms with van der Waals surface area (Å²) < 4.78 is 0. The fraction of sp³-hybridized carbons (Fsp3) is 0.240. The molecule has 0 fully saturated rings. The smallest absolute Gasteiger partial charge is 0.0931 e. The molecule has 0 saturated carbocycles. The number of benzene rings is 3. The van der Waals surface area contributed by atoms with E-state index in [1.807, 2.05) is 0 Å². The molecular formula is C25H27N3S. The van der Waals surface area contributed by atoms with E-state index in [9.17, 15) is 0 Å². The molecule has 0 saturated heterocycles. The predicted octanol–water partition coefficient (Wildman–Crippen LogP) is 6.62. The maximum atomic E-state index is 4.36. The largest absolute Gasteiger partial charge is 0.363 e. The van der Waals surface area contributed by atoms with Crippen LogP contribution in [0.4, 0.5) is 5.69 Å². The van der Waals surface area contributed by atoms with Gasteiger partial charge in [0.05, 0.1) is 17.4 Å². The minimum atomic E-state index is 0.554. The Kier molecular flexibility index (Phi) is 5.91. The third kappa shape index (κ3) is 4.65. The Morgan fingerprint density at radius 1 is 0.897 bits per heavy atom. The first-order valence-corrected chi connectivity index (χ1v) is 11.2. The van der Waals surface area contributed by atoms with E-state index in [4.69, 9.17) is 0 Å². The van der Waals surface area contributed by atoms with Crippen molar-refractivity contribution < 1.29 is 0 Å². The normalized spacial score (nSPS) is 11.3. The van der Waals surface area contributed by atoms with Crippen molar-refractivity contribution in [1.29, 1.82) is 0 Å². The van der Waals surface area contributed by atoms with Crippen LogP contribution in [0, 0.1) is 0 Å². The molecule has 0 amide bonds. The minimum absolute atomic E-state index is 0.554. The fourth-order valence-electron chi connectivity index (χ4n) is 3.54. The number of thioether (sulfide) groups is 1. The Bertz CT molecular complexity index is 1070. The second-order valence-corrected chi connectivity index (χ2v) is 8.58. The summed E-state index contributed by atoms with van der Waals surface area (Å²) in [6.45, 7) is 6.20. The summed E-state index contributed by atoms with van der Waals surface area (Å²) in [5.41, 5.74) is 7.28. The van der Waals surface area contributed by atoms with Gasteiger partial charge < -0.3 is 9.88 Å². The van der Waals surface area contributed by atoms with Gasteiger partial charge in [0.1, 0.15) is 0 Å². The summed E-state index contributed by atoms with van der Waals surface area (Å²) in [4.78, 5) is 11.3. The Morgan fingerprint density at radius 3 is 2.17 bits per heavy atom. The molecule has 0 aliphatic rings. The van der Waals surface area contributed by atoms with E-state index in [2.05, 4.69) is 102 Å². The first-order valence-electron chi connectivity index (χ1n) is 10.0. The van der Waals surface area contributed by atoms with Crippen LogP contribution in [0.25, 0.3) is 11.0 Å². The summed E-state index contributed by atoms with van der Waals surface area (Å²) in [6.07, 6.45) is 3.87. The van der Waals surface area contributed by atoms with Gasteiger partial charge in [-0.3, -0.25) is 0 Å². The summed E-state index contributed by atoms with van der Waals surface area (Å²) in [7, 11) is 0. The third-order valence-corrected chi connectivity index (χ3v) is 6.06. The molecule has 148 valence electrons. The predicted molar refractivity (Wildman–Crippen MR) is 125 cm³/mol. The van der Waals surface area contributed by atoms with Crippen LogP contribution in [0.3, 0.4) is 0 Å². The zero-order chi connectivity index (χ0) is 20.2. The highest BCUT2D eigenvalue weighted by atomic mass is 32.2. The van der Waals surface area contributed by atoms with Gasteiger partial charge in [0.15, 0.2) is 0 Å². The number of aromatic amines is 1. The Balaban J connectivity index is 1.63. The Morgan fingerprint density at radius 2 is 1.55 bits per heavy atom. The number of imidazole rings is 1. The molecule has 0 atom stereocenters. The van der Waals surface area contributed by atoms with Crippen molar-refractivity contribution in [2.45, 2.75) is 37.8 Å². The van der Waals surface area contributed by atoms with Crippen LogP contribution in [0.1, 0.15) is 36.5 Å². The van der Waals surface area contributed by atoms with Gasteiger partial charge >= 0.3 is 0 Å². The van der Waals surface area contributed by atoms with Crippen LogP contribution in [-0.2, 0) is 13.1 Å². The van der Waals surface area contributed by atoms with Gasteiger partial charge in [0.25, 0.3) is 0 Å². The summed E-state index contributed by atoms with van der Waals surface area (Å²) >= 11 is 1.78. The lowest BCUT2D eigenvalue weighted by molar-refractivity contribution is 0.797. The average molecular weight is 402 g/mol. The van der Waals surface area contributed by atoms with Crippen molar-refractivity contribution in [3.05, 3.63) is 89.7 Å². The summed E-state index contributed by atoms with van der Waals surface area (Å²) in [6, 6.07) is 24.3. The zero-order valence-corrected chi connectivity index (χ0v) is 18.0. The molecule has 0 aliphatic heterocycles. The Hall–Kier alpha value is -2.72. The molecule has 0 spiro atoms. The van der Waals surface area contributed by atoms with E-state index in [-0.39, 0.29) is 0 Å². The molecule has 1 heterocycles. The first-order chi connectivity index (χ1) is 14.1. The van der Waals surface area contributed by atoms with E-state index < -0.39 is 0 Å². The number of hydrogen-bond donors (Lipinski definition) is 1. The van der Waals surface area contributed by atoms with Gasteiger partial charge in [-0.1, -0.05) is 50.2 Å². The topological polar surface area (TPSA) is 31.9 Å². The number of aromatic nitrogens is 2. The molecule has 3 aromatic carbocycles. The Labute approximate surface area is 177 Å². The maximum Gasteiger partial charge on any atom is 0.0931 e. The molecule has 0 bridgehead atoms. The van der Waals surface area contributed by atoms with E-state index in [0.29, 0.717) is 5.92 Å². The quantitative estimate of drug-likeness (QED) is 0.353. The van der Waals surface area contributed by atoms with Crippen LogP contribution in [0.2, 0.25) is 0 Å². The lowest BCUT2D eigenvalue weighted by Gasteiger charge is -2.26. The van der Waals surface area contributed by atoms with Gasteiger partial charge in [-0.15, -0.1) is 11.8 Å². The average Bonchev–Trinajstić information content (AvgIpc) is 3.22. The lowest BCUT2D eigenvalue weighted by Crippen LogP contribution is -2.22. The molecular weight excluding hydrogens is 374 g/mol. The maximum absolute atomic E-state index is 4.36. The number of rotatable bonds is 7. The number of hydrogen-bond acceptors (Lipinski definition) is 3. The number of nitrogens with one attached hydrogen (secondary N) is 1. The molecule has 0 aliphatic carbocycles. The molecule has 0 radical (unpaired) electrons. The number of nitrogens with zero attached hydrogens (tertiary/aromatic N) is 2. The van der Waals surface area contributed by atoms with E-state index in [1.54, 1.807) is 18.1 Å². The van der Waals surface area contributed by atoms with Gasteiger partial charge in [-0.25, -0.2) is 4.98 Å². The molecule has 1 N–H and O–H groups in total. The third-order valence-electron chi connectivity index (χ3n) is 5.32. The van der Waals surface area contributed by atoms with Gasteiger partial charge in [0.2, 0.25) is 0 Å². The highest BCUT2D eigenvalue weighted by molar-refractivity contribution is 7.98. The molecule has 0 unspecified atom stereocenters. The fourth-order valence-corrected chi connectivity index (χ4v) is 3.95. The number of fused-ring (bicyclic) bond motifs is 1. The molecule has 29 heavy (non-hydrogen) atoms. The van der Waals surface area contributed by atoms with E-state index >= 15 is 0 Å². The van der Waals surface area contributed by atoms with Crippen LogP contribution < -0.4 is 4.90 Å². The van der Waals surface area contributed by atoms with E-state index in [0.717, 1.165) is 24.1 Å². The highest BCUT2D eigenvalue weighted by Gasteiger charge is 2.11. The number of H-pyrrole nitrogens is 1. The lowest BCUT2D eigenvalue weighted by atomic mass is 10.0. The van der Waals surface area contributed by atoms with Crippen molar-refractivity contribution in [2.24, 2.45) is 0 Å². The van der Waals surface area contributed by atoms with Crippen LogP contribution in [0.5, 0.6) is 0 Å². The molecule has 3 nitrogen and oxygen atoms in total. The molecule has 4 heteroatoms. The minimum Gasteiger partial charge on any atom is -0.363 e. The van der Waals surface area contributed by atoms with Gasteiger partial charge in [0, 0.05) is 23.7 Å². The molecule has 4 aromatic rings. The SMILES string of the molecule is CSc1ccc(CN(Cc2ccc(C(C)C)cc2)c2ccc3nc[nH]c3c2)cc1. The van der Waals surface area contributed by atoms with Crippen molar-refractivity contribution in [2.75, 3.05) is 11.2 Å². The van der Waals surface area contributed by atoms with Crippen molar-refractivity contribution >= 4 is 28.5 Å². The van der Waals surface area contributed by atoms with Gasteiger partial charge in [-0.05, 0) is 59.2 Å². The van der Waals surface area contributed by atoms with Crippen molar-refractivity contribution in [3.63, 3.8) is 0 Å². The van der Waals surface area contributed by atoms with Crippen molar-refractivity contribution in [1.82, 2.24) is 9.97 Å². The second-order valence-electron chi connectivity index (χ2n) is 7.70. The monoisotopic (exact) mass is 401 g/mol. The van der Waals surface area contributed by atoms with Crippen LogP contribution >= 0.6 is 11.8 Å². The first kappa shape index (κ1) is 19.6. The summed E-state index contributed by atoms with van der Waals surface area (Å²) in [5.74, 6) is 0.554. The van der Waals surface area contributed by atoms with Gasteiger partial charge in [-0.2, -0.15) is 0 Å². The van der Waals surface area contributed by atoms with Crippen LogP contribution in [-0.4, -0.2) is 16.2 Å². The summed E-state index contributed by atoms with van der Waals surface area (Å²) in [5, 5.41) is 0. The van der Waals surface area contributed by atoms with E-state index in [1.165, 1.54) is 27.3 Å². The highest BCUT2D eigenvalue weighted by Crippen LogP contribution is 2.25. The standard InChI is InChI=1S/C25H27N3S/c1-18(2)21-8-4-19(5-9-21)15-28(16-20-6-11-23(29-3)12-7-20)22-10-13-24-25(14-22)27-17-26-24/h4-14,17-18H,15-16H2,1-3H3,(H,26,27). The molecule has 4 rings (SSSR count). The number of anilines is 1. The van der Waals surface area contributed by atoms with Crippen molar-refractivity contribution in [3.8, 4) is 0 Å². The van der Waals surface area contributed by atoms with Crippen LogP contribution in [0.15, 0.2) is 78.0 Å². The molecule has 1 aromatic heterocycles. The second kappa shape index (κ2) is 8.75. The zero-order valence-electron chi connectivity index (χ0n) is 17.2.